The molecule has 2 rings (SSSR count). The number of aliphatic hydroxyl groups excluding tert-OH is 1. The summed E-state index contributed by atoms with van der Waals surface area (Å²) in [6.45, 7) is 0.0791. The Morgan fingerprint density at radius 3 is 2.38 bits per heavy atom. The van der Waals surface area contributed by atoms with Gasteiger partial charge in [-0.15, -0.1) is 0 Å². The van der Waals surface area contributed by atoms with Gasteiger partial charge in [0, 0.05) is 12.2 Å². The molecule has 1 atom stereocenters. The van der Waals surface area contributed by atoms with Gasteiger partial charge in [0.1, 0.15) is 5.82 Å². The van der Waals surface area contributed by atoms with E-state index < -0.39 is 0 Å². The van der Waals surface area contributed by atoms with E-state index in [0.717, 1.165) is 5.56 Å². The molecular formula is C17H18FNO2. The first-order chi connectivity index (χ1) is 10.2. The number of carbonyl (C=O) groups is 1. The van der Waals surface area contributed by atoms with E-state index in [0.29, 0.717) is 18.4 Å². The normalized spacial score (nSPS) is 11.9. The molecule has 110 valence electrons. The minimum Gasteiger partial charge on any atom is -0.396 e. The van der Waals surface area contributed by atoms with E-state index in [1.54, 1.807) is 0 Å². The standard InChI is InChI=1S/C17H18FNO2/c18-15-10-8-14(9-11-15)17(21)19-16(7-4-12-20)13-5-2-1-3-6-13/h1-3,5-6,8-11,16,20H,4,7,12H2,(H,19,21). The molecule has 0 saturated carbocycles. The van der Waals surface area contributed by atoms with Crippen LogP contribution >= 0.6 is 0 Å². The summed E-state index contributed by atoms with van der Waals surface area (Å²) in [7, 11) is 0. The van der Waals surface area contributed by atoms with E-state index in [1.165, 1.54) is 24.3 Å². The molecule has 2 N–H and O–H groups in total. The van der Waals surface area contributed by atoms with Crippen molar-refractivity contribution in [2.75, 3.05) is 6.61 Å². The highest BCUT2D eigenvalue weighted by Crippen LogP contribution is 2.19. The van der Waals surface area contributed by atoms with E-state index in [1.807, 2.05) is 30.3 Å². The molecule has 1 unspecified atom stereocenters. The van der Waals surface area contributed by atoms with Crippen LogP contribution in [0.2, 0.25) is 0 Å². The molecule has 3 nitrogen and oxygen atoms in total. The van der Waals surface area contributed by atoms with E-state index in [9.17, 15) is 9.18 Å². The van der Waals surface area contributed by atoms with Gasteiger partial charge in [-0.3, -0.25) is 4.79 Å². The highest BCUT2D eigenvalue weighted by molar-refractivity contribution is 5.94. The van der Waals surface area contributed by atoms with Crippen molar-refractivity contribution in [1.29, 1.82) is 0 Å². The Balaban J connectivity index is 2.11. The van der Waals surface area contributed by atoms with Gasteiger partial charge in [0.25, 0.3) is 5.91 Å². The second-order valence-corrected chi connectivity index (χ2v) is 4.81. The summed E-state index contributed by atoms with van der Waals surface area (Å²) in [4.78, 5) is 12.2. The third kappa shape index (κ3) is 4.39. The van der Waals surface area contributed by atoms with Gasteiger partial charge in [-0.2, -0.15) is 0 Å². The third-order valence-corrected chi connectivity index (χ3v) is 3.26. The van der Waals surface area contributed by atoms with Crippen molar-refractivity contribution in [2.24, 2.45) is 0 Å². The summed E-state index contributed by atoms with van der Waals surface area (Å²) in [5.74, 6) is -0.617. The van der Waals surface area contributed by atoms with Gasteiger partial charge in [-0.25, -0.2) is 4.39 Å². The second-order valence-electron chi connectivity index (χ2n) is 4.81. The van der Waals surface area contributed by atoms with Crippen LogP contribution in [-0.4, -0.2) is 17.6 Å². The van der Waals surface area contributed by atoms with Crippen molar-refractivity contribution in [3.63, 3.8) is 0 Å². The van der Waals surface area contributed by atoms with Crippen molar-refractivity contribution in [2.45, 2.75) is 18.9 Å². The van der Waals surface area contributed by atoms with Crippen LogP contribution in [0.3, 0.4) is 0 Å². The average molecular weight is 287 g/mol. The van der Waals surface area contributed by atoms with E-state index in [4.69, 9.17) is 5.11 Å². The number of carbonyl (C=O) groups excluding carboxylic acids is 1. The molecule has 0 fully saturated rings. The lowest BCUT2D eigenvalue weighted by molar-refractivity contribution is 0.0932. The summed E-state index contributed by atoms with van der Waals surface area (Å²) in [5, 5.41) is 11.9. The van der Waals surface area contributed by atoms with Gasteiger partial charge in [0.05, 0.1) is 6.04 Å². The lowest BCUT2D eigenvalue weighted by Crippen LogP contribution is -2.28. The molecule has 0 spiro atoms. The third-order valence-electron chi connectivity index (χ3n) is 3.26. The van der Waals surface area contributed by atoms with Gasteiger partial charge >= 0.3 is 0 Å². The highest BCUT2D eigenvalue weighted by atomic mass is 19.1. The summed E-state index contributed by atoms with van der Waals surface area (Å²) >= 11 is 0. The number of aliphatic hydroxyl groups is 1. The van der Waals surface area contributed by atoms with Crippen LogP contribution in [-0.2, 0) is 0 Å². The molecule has 0 aliphatic carbocycles. The molecule has 0 aliphatic heterocycles. The minimum absolute atomic E-state index is 0.0791. The van der Waals surface area contributed by atoms with E-state index in [-0.39, 0.29) is 24.4 Å². The molecule has 2 aromatic carbocycles. The van der Waals surface area contributed by atoms with Crippen molar-refractivity contribution in [3.8, 4) is 0 Å². The number of nitrogens with one attached hydrogen (secondary N) is 1. The molecule has 4 heteroatoms. The number of hydrogen-bond acceptors (Lipinski definition) is 2. The first kappa shape index (κ1) is 15.2. The maximum Gasteiger partial charge on any atom is 0.251 e. The maximum atomic E-state index is 12.9. The van der Waals surface area contributed by atoms with Crippen LogP contribution in [0, 0.1) is 5.82 Å². The average Bonchev–Trinajstić information content (AvgIpc) is 2.52. The molecule has 0 radical (unpaired) electrons. The Labute approximate surface area is 123 Å². The van der Waals surface area contributed by atoms with E-state index >= 15 is 0 Å². The Morgan fingerprint density at radius 2 is 1.76 bits per heavy atom. The van der Waals surface area contributed by atoms with Crippen molar-refractivity contribution >= 4 is 5.91 Å². The van der Waals surface area contributed by atoms with Gasteiger partial charge in [-0.1, -0.05) is 30.3 Å². The molecule has 2 aromatic rings. The predicted molar refractivity (Wildman–Crippen MR) is 79.4 cm³/mol. The van der Waals surface area contributed by atoms with Crippen molar-refractivity contribution in [3.05, 3.63) is 71.5 Å². The Morgan fingerprint density at radius 1 is 1.10 bits per heavy atom. The smallest absolute Gasteiger partial charge is 0.251 e. The fourth-order valence-corrected chi connectivity index (χ4v) is 2.15. The molecule has 0 bridgehead atoms. The molecule has 0 heterocycles. The Kier molecular flexibility index (Phi) is 5.46. The van der Waals surface area contributed by atoms with Gasteiger partial charge in [-0.05, 0) is 42.7 Å². The fourth-order valence-electron chi connectivity index (χ4n) is 2.15. The number of halogens is 1. The van der Waals surface area contributed by atoms with Crippen molar-refractivity contribution < 1.29 is 14.3 Å². The van der Waals surface area contributed by atoms with Crippen molar-refractivity contribution in [1.82, 2.24) is 5.32 Å². The van der Waals surface area contributed by atoms with Crippen LogP contribution in [0.4, 0.5) is 4.39 Å². The second kappa shape index (κ2) is 7.55. The number of hydrogen-bond donors (Lipinski definition) is 2. The molecule has 21 heavy (non-hydrogen) atoms. The molecule has 0 aromatic heterocycles. The Bertz CT molecular complexity index is 569. The van der Waals surface area contributed by atoms with Gasteiger partial charge in [0.2, 0.25) is 0 Å². The molecule has 1 amide bonds. The first-order valence-electron chi connectivity index (χ1n) is 6.93. The zero-order valence-corrected chi connectivity index (χ0v) is 11.6. The zero-order valence-electron chi connectivity index (χ0n) is 11.6. The lowest BCUT2D eigenvalue weighted by atomic mass is 10.0. The summed E-state index contributed by atoms with van der Waals surface area (Å²) in [5.41, 5.74) is 1.41. The molecule has 0 aliphatic rings. The number of rotatable bonds is 6. The zero-order chi connectivity index (χ0) is 15.1. The Hall–Kier alpha value is -2.20. The first-order valence-corrected chi connectivity index (χ1v) is 6.93. The maximum absolute atomic E-state index is 12.9. The summed E-state index contributed by atoms with van der Waals surface area (Å²) in [6.07, 6.45) is 1.25. The molecule has 0 saturated heterocycles. The van der Waals surface area contributed by atoms with Crippen LogP contribution in [0.1, 0.15) is 34.8 Å². The molecular weight excluding hydrogens is 269 g/mol. The van der Waals surface area contributed by atoms with Crippen LogP contribution < -0.4 is 5.32 Å². The highest BCUT2D eigenvalue weighted by Gasteiger charge is 2.15. The minimum atomic E-state index is -0.369. The lowest BCUT2D eigenvalue weighted by Gasteiger charge is -2.19. The van der Waals surface area contributed by atoms with Gasteiger partial charge < -0.3 is 10.4 Å². The fraction of sp³-hybridized carbons (Fsp3) is 0.235. The summed E-state index contributed by atoms with van der Waals surface area (Å²) in [6, 6.07) is 14.9. The topological polar surface area (TPSA) is 49.3 Å². The van der Waals surface area contributed by atoms with Gasteiger partial charge in [0.15, 0.2) is 0 Å². The van der Waals surface area contributed by atoms with Crippen LogP contribution in [0.15, 0.2) is 54.6 Å². The largest absolute Gasteiger partial charge is 0.396 e. The monoisotopic (exact) mass is 287 g/mol. The summed E-state index contributed by atoms with van der Waals surface area (Å²) < 4.78 is 12.9. The quantitative estimate of drug-likeness (QED) is 0.858. The SMILES string of the molecule is O=C(NC(CCCO)c1ccccc1)c1ccc(F)cc1. The van der Waals surface area contributed by atoms with Crippen LogP contribution in [0.5, 0.6) is 0 Å². The predicted octanol–water partition coefficient (Wildman–Crippen LogP) is 3.07. The number of amides is 1. The van der Waals surface area contributed by atoms with Crippen LogP contribution in [0.25, 0.3) is 0 Å². The number of benzene rings is 2. The van der Waals surface area contributed by atoms with E-state index in [2.05, 4.69) is 5.32 Å².